The average molecular weight is 426 g/mol. The third-order valence-corrected chi connectivity index (χ3v) is 5.75. The number of hydrogen-bond acceptors (Lipinski definition) is 5. The number of ether oxygens (including phenoxy) is 2. The van der Waals surface area contributed by atoms with Crippen LogP contribution < -0.4 is 14.8 Å². The summed E-state index contributed by atoms with van der Waals surface area (Å²) >= 11 is 13.4. The summed E-state index contributed by atoms with van der Waals surface area (Å²) in [4.78, 5) is 18.0. The number of rotatable bonds is 5. The van der Waals surface area contributed by atoms with E-state index in [4.69, 9.17) is 32.7 Å². The predicted molar refractivity (Wildman–Crippen MR) is 109 cm³/mol. The molecule has 0 radical (unpaired) electrons. The van der Waals surface area contributed by atoms with Gasteiger partial charge >= 0.3 is 0 Å². The number of nitrogens with one attached hydrogen (secondary N) is 1. The monoisotopic (exact) mass is 425 g/mol. The maximum Gasteiger partial charge on any atom is 0.274 e. The predicted octanol–water partition coefficient (Wildman–Crippen LogP) is 5.03. The zero-order valence-corrected chi connectivity index (χ0v) is 17.4. The molecule has 0 fully saturated rings. The average Bonchev–Trinajstić information content (AvgIpc) is 3.15. The third-order valence-electron chi connectivity index (χ3n) is 4.02. The number of carbonyl (C=O) groups excluding carboxylic acids is 1. The molecule has 0 bridgehead atoms. The fourth-order valence-corrected chi connectivity index (χ4v) is 3.83. The van der Waals surface area contributed by atoms with Gasteiger partial charge in [0.25, 0.3) is 5.91 Å². The lowest BCUT2D eigenvalue weighted by Crippen LogP contribution is -2.15. The Morgan fingerprint density at radius 1 is 1.19 bits per heavy atom. The normalized spacial score (nSPS) is 10.7. The van der Waals surface area contributed by atoms with Crippen LogP contribution in [0.4, 0.5) is 5.13 Å². The molecule has 0 spiro atoms. The summed E-state index contributed by atoms with van der Waals surface area (Å²) < 4.78 is 12.1. The Balaban J connectivity index is 1.88. The lowest BCUT2D eigenvalue weighted by molar-refractivity contribution is 0.101. The van der Waals surface area contributed by atoms with E-state index in [1.807, 2.05) is 25.1 Å². The summed E-state index contributed by atoms with van der Waals surface area (Å²) in [6.07, 6.45) is 0. The van der Waals surface area contributed by atoms with Crippen LogP contribution in [0, 0.1) is 6.92 Å². The Bertz CT molecular complexity index is 1010. The highest BCUT2D eigenvalue weighted by Gasteiger charge is 2.19. The standard InChI is InChI=1S/C18H17Cl2N3O3S/c1-9-15(10-5-6-13(25-3)14(7-10)26-4)21-18(27-9)22-17(24)12-8-11(19)16(20)23(12)2/h5-8H,1-4H3,(H,21,22,24). The summed E-state index contributed by atoms with van der Waals surface area (Å²) in [5.41, 5.74) is 1.98. The molecule has 3 aromatic rings. The topological polar surface area (TPSA) is 65.4 Å². The zero-order valence-electron chi connectivity index (χ0n) is 15.1. The minimum absolute atomic E-state index is 0.308. The maximum atomic E-state index is 12.5. The SMILES string of the molecule is COc1ccc(-c2nc(NC(=O)c3cc(Cl)c(Cl)n3C)sc2C)cc1OC. The number of methoxy groups -OCH3 is 2. The van der Waals surface area contributed by atoms with Crippen LogP contribution in [0.3, 0.4) is 0 Å². The number of amides is 1. The second-order valence-electron chi connectivity index (χ2n) is 5.68. The molecule has 2 heterocycles. The number of aryl methyl sites for hydroxylation is 1. The number of benzene rings is 1. The molecule has 9 heteroatoms. The van der Waals surface area contributed by atoms with Crippen LogP contribution in [0.15, 0.2) is 24.3 Å². The van der Waals surface area contributed by atoms with E-state index < -0.39 is 0 Å². The molecule has 0 aliphatic rings. The molecule has 1 N–H and O–H groups in total. The van der Waals surface area contributed by atoms with E-state index in [2.05, 4.69) is 10.3 Å². The first-order chi connectivity index (χ1) is 12.8. The van der Waals surface area contributed by atoms with Gasteiger partial charge in [0.1, 0.15) is 10.8 Å². The molecule has 1 aromatic carbocycles. The molecule has 2 aromatic heterocycles. The van der Waals surface area contributed by atoms with Gasteiger partial charge < -0.3 is 14.0 Å². The highest BCUT2D eigenvalue weighted by atomic mass is 35.5. The van der Waals surface area contributed by atoms with Gasteiger partial charge in [0.2, 0.25) is 0 Å². The molecule has 0 saturated heterocycles. The smallest absolute Gasteiger partial charge is 0.274 e. The van der Waals surface area contributed by atoms with Crippen LogP contribution in [0.5, 0.6) is 11.5 Å². The van der Waals surface area contributed by atoms with Crippen molar-refractivity contribution in [3.63, 3.8) is 0 Å². The van der Waals surface area contributed by atoms with E-state index in [-0.39, 0.29) is 5.91 Å². The van der Waals surface area contributed by atoms with Crippen LogP contribution in [-0.4, -0.2) is 29.7 Å². The molecule has 3 rings (SSSR count). The van der Waals surface area contributed by atoms with E-state index in [1.165, 1.54) is 22.0 Å². The summed E-state index contributed by atoms with van der Waals surface area (Å²) in [6.45, 7) is 1.94. The third kappa shape index (κ3) is 3.76. The number of anilines is 1. The fraction of sp³-hybridized carbons (Fsp3) is 0.222. The van der Waals surface area contributed by atoms with Crippen molar-refractivity contribution in [1.29, 1.82) is 0 Å². The molecule has 6 nitrogen and oxygen atoms in total. The van der Waals surface area contributed by atoms with Gasteiger partial charge in [-0.2, -0.15) is 0 Å². The molecular formula is C18H17Cl2N3O3S. The van der Waals surface area contributed by atoms with Crippen molar-refractivity contribution < 1.29 is 14.3 Å². The molecule has 0 unspecified atom stereocenters. The van der Waals surface area contributed by atoms with Crippen molar-refractivity contribution in [3.8, 4) is 22.8 Å². The highest BCUT2D eigenvalue weighted by Crippen LogP contribution is 2.36. The van der Waals surface area contributed by atoms with Gasteiger partial charge in [0.05, 0.1) is 24.9 Å². The van der Waals surface area contributed by atoms with Crippen LogP contribution in [-0.2, 0) is 7.05 Å². The molecule has 1 amide bonds. The minimum atomic E-state index is -0.334. The van der Waals surface area contributed by atoms with E-state index in [1.54, 1.807) is 21.3 Å². The number of halogens is 2. The molecule has 0 aliphatic heterocycles. The first kappa shape index (κ1) is 19.5. The zero-order chi connectivity index (χ0) is 19.7. The van der Waals surface area contributed by atoms with Crippen molar-refractivity contribution >= 4 is 45.6 Å². The van der Waals surface area contributed by atoms with E-state index in [0.29, 0.717) is 32.5 Å². The van der Waals surface area contributed by atoms with Crippen molar-refractivity contribution in [1.82, 2.24) is 9.55 Å². The van der Waals surface area contributed by atoms with E-state index >= 15 is 0 Å². The summed E-state index contributed by atoms with van der Waals surface area (Å²) in [5.74, 6) is 0.917. The Morgan fingerprint density at radius 3 is 2.48 bits per heavy atom. The lowest BCUT2D eigenvalue weighted by atomic mass is 10.1. The van der Waals surface area contributed by atoms with Crippen LogP contribution in [0.25, 0.3) is 11.3 Å². The number of carbonyl (C=O) groups is 1. The van der Waals surface area contributed by atoms with Gasteiger partial charge in [0.15, 0.2) is 16.6 Å². The number of thiazole rings is 1. The Labute approximate surface area is 170 Å². The van der Waals surface area contributed by atoms with Gasteiger partial charge in [0, 0.05) is 17.5 Å². The molecule has 0 aliphatic carbocycles. The van der Waals surface area contributed by atoms with Crippen LogP contribution in [0.2, 0.25) is 10.2 Å². The highest BCUT2D eigenvalue weighted by molar-refractivity contribution is 7.16. The number of hydrogen-bond donors (Lipinski definition) is 1. The molecular weight excluding hydrogens is 409 g/mol. The van der Waals surface area contributed by atoms with Crippen LogP contribution >= 0.6 is 34.5 Å². The van der Waals surface area contributed by atoms with Crippen LogP contribution in [0.1, 0.15) is 15.4 Å². The largest absolute Gasteiger partial charge is 0.493 e. The first-order valence-corrected chi connectivity index (χ1v) is 9.44. The molecule has 142 valence electrons. The maximum absolute atomic E-state index is 12.5. The lowest BCUT2D eigenvalue weighted by Gasteiger charge is -2.08. The molecule has 0 atom stereocenters. The van der Waals surface area contributed by atoms with E-state index in [0.717, 1.165) is 16.1 Å². The van der Waals surface area contributed by atoms with Crippen molar-refractivity contribution in [2.24, 2.45) is 7.05 Å². The molecule has 27 heavy (non-hydrogen) atoms. The van der Waals surface area contributed by atoms with Crippen molar-refractivity contribution in [2.75, 3.05) is 19.5 Å². The Morgan fingerprint density at radius 2 is 1.89 bits per heavy atom. The second-order valence-corrected chi connectivity index (χ2v) is 7.64. The molecule has 0 saturated carbocycles. The Kier molecular flexibility index (Phi) is 5.64. The van der Waals surface area contributed by atoms with Crippen molar-refractivity contribution in [3.05, 3.63) is 45.0 Å². The van der Waals surface area contributed by atoms with Gasteiger partial charge in [-0.3, -0.25) is 10.1 Å². The number of nitrogens with zero attached hydrogens (tertiary/aromatic N) is 2. The summed E-state index contributed by atoms with van der Waals surface area (Å²) in [6, 6.07) is 7.09. The summed E-state index contributed by atoms with van der Waals surface area (Å²) in [5, 5.41) is 3.91. The van der Waals surface area contributed by atoms with E-state index in [9.17, 15) is 4.79 Å². The van der Waals surface area contributed by atoms with Gasteiger partial charge in [-0.05, 0) is 31.2 Å². The fourth-order valence-electron chi connectivity index (χ4n) is 2.62. The first-order valence-electron chi connectivity index (χ1n) is 7.87. The van der Waals surface area contributed by atoms with Crippen molar-refractivity contribution in [2.45, 2.75) is 6.92 Å². The van der Waals surface area contributed by atoms with Gasteiger partial charge in [-0.1, -0.05) is 23.2 Å². The van der Waals surface area contributed by atoms with Gasteiger partial charge in [-0.15, -0.1) is 11.3 Å². The second kappa shape index (κ2) is 7.80. The summed E-state index contributed by atoms with van der Waals surface area (Å²) in [7, 11) is 4.84. The van der Waals surface area contributed by atoms with Gasteiger partial charge in [-0.25, -0.2) is 4.98 Å². The minimum Gasteiger partial charge on any atom is -0.493 e. The number of aromatic nitrogens is 2. The Hall–Kier alpha value is -2.22. The quantitative estimate of drug-likeness (QED) is 0.621.